The van der Waals surface area contributed by atoms with E-state index in [1.165, 1.54) is 0 Å². The van der Waals surface area contributed by atoms with Crippen molar-refractivity contribution < 1.29 is 8.42 Å². The van der Waals surface area contributed by atoms with Crippen molar-refractivity contribution >= 4 is 10.0 Å². The first-order valence-electron chi connectivity index (χ1n) is 6.71. The Bertz CT molecular complexity index is 352. The molecule has 2 aliphatic rings. The normalized spacial score (nSPS) is 29.2. The summed E-state index contributed by atoms with van der Waals surface area (Å²) in [4.78, 5) is 0. The van der Waals surface area contributed by atoms with Crippen LogP contribution < -0.4 is 5.32 Å². The first kappa shape index (κ1) is 13.3. The van der Waals surface area contributed by atoms with E-state index in [0.717, 1.165) is 32.1 Å². The molecule has 1 aliphatic carbocycles. The topological polar surface area (TPSA) is 49.4 Å². The van der Waals surface area contributed by atoms with Gasteiger partial charge in [0, 0.05) is 18.6 Å². The van der Waals surface area contributed by atoms with E-state index in [4.69, 9.17) is 0 Å². The quantitative estimate of drug-likeness (QED) is 0.808. The lowest BCUT2D eigenvalue weighted by molar-refractivity contribution is 0.213. The van der Waals surface area contributed by atoms with Crippen LogP contribution in [0.25, 0.3) is 0 Å². The molecule has 2 atom stereocenters. The van der Waals surface area contributed by atoms with E-state index >= 15 is 0 Å². The number of sulfonamides is 1. The fraction of sp³-hybridized carbons (Fsp3) is 1.00. The predicted molar refractivity (Wildman–Crippen MR) is 69.4 cm³/mol. The van der Waals surface area contributed by atoms with Gasteiger partial charge in [0.25, 0.3) is 0 Å². The highest BCUT2D eigenvalue weighted by Gasteiger charge is 2.38. The minimum absolute atomic E-state index is 0.150. The summed E-state index contributed by atoms with van der Waals surface area (Å²) in [5, 5.41) is 3.20. The van der Waals surface area contributed by atoms with Gasteiger partial charge in [-0.1, -0.05) is 6.42 Å². The van der Waals surface area contributed by atoms with Gasteiger partial charge in [0.1, 0.15) is 0 Å². The molecule has 17 heavy (non-hydrogen) atoms. The van der Waals surface area contributed by atoms with Gasteiger partial charge >= 0.3 is 0 Å². The molecular weight excluding hydrogens is 236 g/mol. The largest absolute Gasteiger partial charge is 0.316 e. The number of hydrogen-bond acceptors (Lipinski definition) is 3. The van der Waals surface area contributed by atoms with Crippen molar-refractivity contribution in [2.45, 2.75) is 51.1 Å². The first-order valence-corrected chi connectivity index (χ1v) is 8.32. The van der Waals surface area contributed by atoms with Crippen LogP contribution in [-0.4, -0.2) is 44.2 Å². The van der Waals surface area contributed by atoms with Crippen molar-refractivity contribution in [3.05, 3.63) is 0 Å². The van der Waals surface area contributed by atoms with Gasteiger partial charge in [0.2, 0.25) is 10.0 Å². The minimum Gasteiger partial charge on any atom is -0.316 e. The van der Waals surface area contributed by atoms with Crippen LogP contribution in [0.15, 0.2) is 0 Å². The van der Waals surface area contributed by atoms with Crippen LogP contribution in [0.4, 0.5) is 0 Å². The lowest BCUT2D eigenvalue weighted by Gasteiger charge is -2.38. The van der Waals surface area contributed by atoms with Gasteiger partial charge < -0.3 is 5.32 Å². The summed E-state index contributed by atoms with van der Waals surface area (Å²) in [7, 11) is -1.12. The van der Waals surface area contributed by atoms with E-state index in [9.17, 15) is 8.42 Å². The van der Waals surface area contributed by atoms with Crippen LogP contribution in [0.5, 0.6) is 0 Å². The fourth-order valence-electron chi connectivity index (χ4n) is 2.65. The second kappa shape index (κ2) is 5.24. The average Bonchev–Trinajstić information content (AvgIpc) is 3.11. The maximum atomic E-state index is 12.4. The molecule has 0 spiro atoms. The molecular formula is C12H24N2O2S. The Labute approximate surface area is 105 Å². The Hall–Kier alpha value is -0.130. The van der Waals surface area contributed by atoms with E-state index in [1.807, 2.05) is 7.05 Å². The highest BCUT2D eigenvalue weighted by atomic mass is 32.2. The monoisotopic (exact) mass is 260 g/mol. The zero-order valence-corrected chi connectivity index (χ0v) is 11.7. The molecule has 1 heterocycles. The number of likely N-dealkylation sites (N-methyl/N-ethyl adjacent to an activating group) is 1. The molecule has 0 aromatic heterocycles. The minimum atomic E-state index is -3.03. The Kier molecular flexibility index (Phi) is 4.10. The van der Waals surface area contributed by atoms with Crippen molar-refractivity contribution in [3.8, 4) is 0 Å². The molecule has 1 aliphatic heterocycles. The molecule has 0 amide bonds. The van der Waals surface area contributed by atoms with Crippen LogP contribution in [-0.2, 0) is 10.0 Å². The van der Waals surface area contributed by atoms with Gasteiger partial charge in [0.05, 0.1) is 5.75 Å². The van der Waals surface area contributed by atoms with Crippen molar-refractivity contribution in [1.29, 1.82) is 0 Å². The van der Waals surface area contributed by atoms with E-state index in [-0.39, 0.29) is 12.1 Å². The summed E-state index contributed by atoms with van der Waals surface area (Å²) in [6.45, 7) is 2.79. The predicted octanol–water partition coefficient (Wildman–Crippen LogP) is 1.19. The van der Waals surface area contributed by atoms with E-state index in [0.29, 0.717) is 18.2 Å². The Morgan fingerprint density at radius 1 is 1.29 bits per heavy atom. The van der Waals surface area contributed by atoms with Crippen molar-refractivity contribution in [1.82, 2.24) is 9.62 Å². The number of hydrogen-bond donors (Lipinski definition) is 1. The van der Waals surface area contributed by atoms with Crippen LogP contribution in [0.2, 0.25) is 0 Å². The molecule has 2 unspecified atom stereocenters. The molecule has 0 radical (unpaired) electrons. The highest BCUT2D eigenvalue weighted by molar-refractivity contribution is 7.89. The molecule has 2 rings (SSSR count). The highest BCUT2D eigenvalue weighted by Crippen LogP contribution is 2.33. The second-order valence-corrected chi connectivity index (χ2v) is 7.44. The third kappa shape index (κ3) is 3.20. The molecule has 100 valence electrons. The van der Waals surface area contributed by atoms with Crippen LogP contribution in [0, 0.1) is 5.92 Å². The molecule has 2 fully saturated rings. The lowest BCUT2D eigenvalue weighted by Crippen LogP contribution is -2.53. The van der Waals surface area contributed by atoms with E-state index in [1.54, 1.807) is 4.31 Å². The first-order chi connectivity index (χ1) is 8.04. The van der Waals surface area contributed by atoms with Crippen LogP contribution in [0.1, 0.15) is 39.0 Å². The van der Waals surface area contributed by atoms with Crippen LogP contribution >= 0.6 is 0 Å². The van der Waals surface area contributed by atoms with E-state index < -0.39 is 10.0 Å². The molecule has 1 N–H and O–H groups in total. The number of nitrogens with zero attached hydrogens (tertiary/aromatic N) is 1. The maximum Gasteiger partial charge on any atom is 0.214 e. The summed E-state index contributed by atoms with van der Waals surface area (Å²) >= 11 is 0. The molecule has 0 aromatic rings. The van der Waals surface area contributed by atoms with Crippen LogP contribution in [0.3, 0.4) is 0 Å². The molecule has 1 saturated heterocycles. The number of nitrogens with one attached hydrogen (secondary N) is 1. The third-order valence-corrected chi connectivity index (χ3v) is 6.09. The van der Waals surface area contributed by atoms with Crippen molar-refractivity contribution in [2.75, 3.05) is 19.3 Å². The smallest absolute Gasteiger partial charge is 0.214 e. The summed E-state index contributed by atoms with van der Waals surface area (Å²) in [6.07, 6.45) is 5.34. The van der Waals surface area contributed by atoms with Crippen molar-refractivity contribution in [3.63, 3.8) is 0 Å². The molecule has 0 aromatic carbocycles. The summed E-state index contributed by atoms with van der Waals surface area (Å²) in [5.41, 5.74) is 0. The number of piperidine rings is 1. The Balaban J connectivity index is 2.08. The SMILES string of the molecule is CNC(C)C1CCCCN1S(=O)(=O)CC1CC1. The molecule has 0 bridgehead atoms. The summed E-state index contributed by atoms with van der Waals surface area (Å²) < 4.78 is 26.5. The number of rotatable bonds is 5. The van der Waals surface area contributed by atoms with E-state index in [2.05, 4.69) is 12.2 Å². The average molecular weight is 260 g/mol. The molecule has 1 saturated carbocycles. The Morgan fingerprint density at radius 3 is 2.59 bits per heavy atom. The van der Waals surface area contributed by atoms with Gasteiger partial charge in [-0.2, -0.15) is 4.31 Å². The summed E-state index contributed by atoms with van der Waals surface area (Å²) in [5.74, 6) is 0.812. The van der Waals surface area contributed by atoms with Gasteiger partial charge in [-0.25, -0.2) is 8.42 Å². The summed E-state index contributed by atoms with van der Waals surface area (Å²) in [6, 6.07) is 0.391. The standard InChI is InChI=1S/C12H24N2O2S/c1-10(13-2)12-5-3-4-8-14(12)17(15,16)9-11-6-7-11/h10-13H,3-9H2,1-2H3. The lowest BCUT2D eigenvalue weighted by atomic mass is 9.99. The molecule has 4 nitrogen and oxygen atoms in total. The second-order valence-electron chi connectivity index (χ2n) is 5.47. The molecule has 5 heteroatoms. The van der Waals surface area contributed by atoms with Crippen molar-refractivity contribution in [2.24, 2.45) is 5.92 Å². The Morgan fingerprint density at radius 2 is 2.00 bits per heavy atom. The third-order valence-electron chi connectivity index (χ3n) is 4.03. The van der Waals surface area contributed by atoms with Gasteiger partial charge in [0.15, 0.2) is 0 Å². The fourth-order valence-corrected chi connectivity index (χ4v) is 4.87. The van der Waals surface area contributed by atoms with Gasteiger partial charge in [-0.15, -0.1) is 0 Å². The van der Waals surface area contributed by atoms with Gasteiger partial charge in [-0.05, 0) is 45.6 Å². The van der Waals surface area contributed by atoms with Gasteiger partial charge in [-0.3, -0.25) is 0 Å². The zero-order chi connectivity index (χ0) is 12.5. The zero-order valence-electron chi connectivity index (χ0n) is 10.9. The maximum absolute atomic E-state index is 12.4.